The van der Waals surface area contributed by atoms with Crippen LogP contribution in [0.5, 0.6) is 0 Å². The van der Waals surface area contributed by atoms with Gasteiger partial charge in [0.1, 0.15) is 0 Å². The quantitative estimate of drug-likeness (QED) is 0.838. The molecule has 2 N–H and O–H groups in total. The number of nitrogens with two attached hydrogens (primary N) is 1. The van der Waals surface area contributed by atoms with Crippen LogP contribution >= 0.6 is 0 Å². The van der Waals surface area contributed by atoms with Gasteiger partial charge in [0.2, 0.25) is 11.9 Å². The molecule has 1 aliphatic heterocycles. The highest BCUT2D eigenvalue weighted by molar-refractivity contribution is 5.33. The second-order valence-electron chi connectivity index (χ2n) is 6.67. The topological polar surface area (TPSA) is 100 Å². The molecule has 2 aromatic heterocycles. The monoisotopic (exact) mass is 346 g/mol. The van der Waals surface area contributed by atoms with Crippen LogP contribution in [0.25, 0.3) is 0 Å². The van der Waals surface area contributed by atoms with E-state index in [4.69, 9.17) is 10.3 Å². The van der Waals surface area contributed by atoms with E-state index in [0.717, 1.165) is 50.0 Å². The first kappa shape index (κ1) is 17.6. The molecule has 0 spiro atoms. The molecular formula is C16H26N8O. The number of aryl methyl sites for hydroxylation is 1. The number of nitrogens with zero attached hydrogens (tertiary/aromatic N) is 7. The van der Waals surface area contributed by atoms with E-state index in [1.54, 1.807) is 0 Å². The van der Waals surface area contributed by atoms with E-state index in [2.05, 4.69) is 36.8 Å². The molecule has 0 aliphatic carbocycles. The number of anilines is 2. The van der Waals surface area contributed by atoms with Crippen molar-refractivity contribution in [3.05, 3.63) is 23.3 Å². The first-order valence-electron chi connectivity index (χ1n) is 8.49. The highest BCUT2D eigenvalue weighted by atomic mass is 16.5. The summed E-state index contributed by atoms with van der Waals surface area (Å²) in [6, 6.07) is 2.09. The molecule has 9 heteroatoms. The Morgan fingerprint density at radius 2 is 1.92 bits per heavy atom. The standard InChI is InChI=1S/C16H26N8O/c1-11-9-13(25-21-11)10-23-5-7-24(8-6-23)12(2)14-18-15(17)20-16(19-14)22(3)4/h9,12H,5-8,10H2,1-4H3,(H2,17,18,19,20)/t12-/m0/s1. The number of rotatable bonds is 5. The Balaban J connectivity index is 1.60. The van der Waals surface area contributed by atoms with Gasteiger partial charge in [-0.1, -0.05) is 5.16 Å². The predicted octanol–water partition coefficient (Wildman–Crippen LogP) is 0.695. The van der Waals surface area contributed by atoms with Crippen molar-refractivity contribution in [2.45, 2.75) is 26.4 Å². The highest BCUT2D eigenvalue weighted by Gasteiger charge is 2.25. The lowest BCUT2D eigenvalue weighted by molar-refractivity contribution is 0.0888. The molecule has 3 rings (SSSR count). The van der Waals surface area contributed by atoms with Crippen LogP contribution in [0.15, 0.2) is 10.6 Å². The SMILES string of the molecule is Cc1cc(CN2CCN([C@@H](C)c3nc(N)nc(N(C)C)n3)CC2)on1. The molecule has 136 valence electrons. The Hall–Kier alpha value is -2.26. The van der Waals surface area contributed by atoms with Gasteiger partial charge in [-0.25, -0.2) is 0 Å². The van der Waals surface area contributed by atoms with Crippen LogP contribution in [0.3, 0.4) is 0 Å². The fourth-order valence-corrected chi connectivity index (χ4v) is 2.97. The first-order valence-corrected chi connectivity index (χ1v) is 8.49. The normalized spacial score (nSPS) is 17.6. The molecule has 0 aromatic carbocycles. The van der Waals surface area contributed by atoms with Crippen molar-refractivity contribution >= 4 is 11.9 Å². The molecule has 1 saturated heterocycles. The van der Waals surface area contributed by atoms with Crippen LogP contribution in [0.4, 0.5) is 11.9 Å². The maximum Gasteiger partial charge on any atom is 0.229 e. The Kier molecular flexibility index (Phi) is 5.14. The van der Waals surface area contributed by atoms with E-state index in [-0.39, 0.29) is 12.0 Å². The maximum atomic E-state index is 5.84. The molecule has 9 nitrogen and oxygen atoms in total. The van der Waals surface area contributed by atoms with Crippen LogP contribution in [-0.4, -0.2) is 70.2 Å². The molecule has 3 heterocycles. The first-order chi connectivity index (χ1) is 11.9. The van der Waals surface area contributed by atoms with Crippen molar-refractivity contribution in [3.63, 3.8) is 0 Å². The largest absolute Gasteiger partial charge is 0.368 e. The highest BCUT2D eigenvalue weighted by Crippen LogP contribution is 2.21. The molecule has 1 fully saturated rings. The minimum atomic E-state index is 0.0960. The maximum absolute atomic E-state index is 5.84. The van der Waals surface area contributed by atoms with Gasteiger partial charge in [0.15, 0.2) is 11.6 Å². The molecule has 1 atom stereocenters. The van der Waals surface area contributed by atoms with Crippen molar-refractivity contribution in [1.29, 1.82) is 0 Å². The van der Waals surface area contributed by atoms with E-state index >= 15 is 0 Å². The van der Waals surface area contributed by atoms with Gasteiger partial charge in [-0.2, -0.15) is 15.0 Å². The zero-order valence-electron chi connectivity index (χ0n) is 15.3. The Bertz CT molecular complexity index is 708. The van der Waals surface area contributed by atoms with Gasteiger partial charge in [-0.05, 0) is 13.8 Å². The Morgan fingerprint density at radius 3 is 2.52 bits per heavy atom. The summed E-state index contributed by atoms with van der Waals surface area (Å²) < 4.78 is 5.31. The van der Waals surface area contributed by atoms with Crippen molar-refractivity contribution in [1.82, 2.24) is 29.9 Å². The smallest absolute Gasteiger partial charge is 0.229 e. The fourth-order valence-electron chi connectivity index (χ4n) is 2.97. The lowest BCUT2D eigenvalue weighted by Gasteiger charge is -2.37. The summed E-state index contributed by atoms with van der Waals surface area (Å²) in [7, 11) is 3.79. The van der Waals surface area contributed by atoms with Crippen LogP contribution in [-0.2, 0) is 6.54 Å². The predicted molar refractivity (Wildman–Crippen MR) is 95.1 cm³/mol. The summed E-state index contributed by atoms with van der Waals surface area (Å²) in [6.07, 6.45) is 0. The number of nitrogen functional groups attached to an aromatic ring is 1. The second-order valence-corrected chi connectivity index (χ2v) is 6.67. The molecule has 25 heavy (non-hydrogen) atoms. The van der Waals surface area contributed by atoms with Crippen molar-refractivity contribution in [3.8, 4) is 0 Å². The molecule has 0 amide bonds. The van der Waals surface area contributed by atoms with Gasteiger partial charge in [0.25, 0.3) is 0 Å². The van der Waals surface area contributed by atoms with Crippen LogP contribution < -0.4 is 10.6 Å². The minimum Gasteiger partial charge on any atom is -0.368 e. The van der Waals surface area contributed by atoms with E-state index < -0.39 is 0 Å². The van der Waals surface area contributed by atoms with Crippen LogP contribution in [0, 0.1) is 6.92 Å². The Labute approximate surface area is 147 Å². The molecule has 2 aromatic rings. The fraction of sp³-hybridized carbons (Fsp3) is 0.625. The van der Waals surface area contributed by atoms with Gasteiger partial charge in [0, 0.05) is 46.3 Å². The average Bonchev–Trinajstić information content (AvgIpc) is 2.99. The zero-order valence-corrected chi connectivity index (χ0v) is 15.3. The lowest BCUT2D eigenvalue weighted by atomic mass is 10.2. The van der Waals surface area contributed by atoms with Gasteiger partial charge >= 0.3 is 0 Å². The summed E-state index contributed by atoms with van der Waals surface area (Å²) in [5.74, 6) is 2.49. The van der Waals surface area contributed by atoms with Gasteiger partial charge in [-0.15, -0.1) is 0 Å². The summed E-state index contributed by atoms with van der Waals surface area (Å²) in [5, 5.41) is 3.95. The van der Waals surface area contributed by atoms with E-state index in [1.165, 1.54) is 0 Å². The summed E-state index contributed by atoms with van der Waals surface area (Å²) in [4.78, 5) is 19.6. The van der Waals surface area contributed by atoms with Gasteiger partial charge in [-0.3, -0.25) is 9.80 Å². The third kappa shape index (κ3) is 4.23. The average molecular weight is 346 g/mol. The molecule has 0 unspecified atom stereocenters. The van der Waals surface area contributed by atoms with Crippen molar-refractivity contribution in [2.24, 2.45) is 0 Å². The molecular weight excluding hydrogens is 320 g/mol. The third-order valence-corrected chi connectivity index (χ3v) is 4.44. The van der Waals surface area contributed by atoms with E-state index in [0.29, 0.717) is 5.95 Å². The van der Waals surface area contributed by atoms with Gasteiger partial charge < -0.3 is 15.2 Å². The van der Waals surface area contributed by atoms with Crippen LogP contribution in [0.2, 0.25) is 0 Å². The number of hydrogen-bond acceptors (Lipinski definition) is 9. The van der Waals surface area contributed by atoms with Crippen molar-refractivity contribution < 1.29 is 4.52 Å². The lowest BCUT2D eigenvalue weighted by Crippen LogP contribution is -2.47. The number of aromatic nitrogens is 4. The Morgan fingerprint density at radius 1 is 1.20 bits per heavy atom. The second kappa shape index (κ2) is 7.32. The number of piperazine rings is 1. The van der Waals surface area contributed by atoms with Crippen LogP contribution in [0.1, 0.15) is 30.2 Å². The third-order valence-electron chi connectivity index (χ3n) is 4.44. The van der Waals surface area contributed by atoms with E-state index in [9.17, 15) is 0 Å². The molecule has 0 saturated carbocycles. The summed E-state index contributed by atoms with van der Waals surface area (Å²) in [5.41, 5.74) is 6.77. The minimum absolute atomic E-state index is 0.0960. The van der Waals surface area contributed by atoms with E-state index in [1.807, 2.05) is 32.0 Å². The van der Waals surface area contributed by atoms with Gasteiger partial charge in [0.05, 0.1) is 18.3 Å². The molecule has 1 aliphatic rings. The molecule has 0 radical (unpaired) electrons. The summed E-state index contributed by atoms with van der Waals surface area (Å²) >= 11 is 0. The molecule has 0 bridgehead atoms. The number of hydrogen-bond donors (Lipinski definition) is 1. The summed E-state index contributed by atoms with van der Waals surface area (Å²) in [6.45, 7) is 8.66. The zero-order chi connectivity index (χ0) is 18.0. The van der Waals surface area contributed by atoms with Crippen molar-refractivity contribution in [2.75, 3.05) is 50.9 Å².